The van der Waals surface area contributed by atoms with Gasteiger partial charge in [0.05, 0.1) is 25.5 Å². The van der Waals surface area contributed by atoms with E-state index in [1.54, 1.807) is 20.3 Å². The molecule has 1 heterocycles. The third-order valence-corrected chi connectivity index (χ3v) is 5.02. The number of hydrogen-bond acceptors (Lipinski definition) is 5. The molecule has 3 rings (SSSR count). The maximum atomic E-state index is 12.7. The van der Waals surface area contributed by atoms with Crippen molar-refractivity contribution < 1.29 is 14.3 Å². The Hall–Kier alpha value is -2.99. The van der Waals surface area contributed by atoms with E-state index in [0.29, 0.717) is 23.5 Å². The Balaban J connectivity index is 1.90. The van der Waals surface area contributed by atoms with E-state index in [-0.39, 0.29) is 5.91 Å². The van der Waals surface area contributed by atoms with Crippen molar-refractivity contribution in [2.24, 2.45) is 0 Å². The predicted octanol–water partition coefficient (Wildman–Crippen LogP) is 3.99. The molecule has 6 nitrogen and oxygen atoms in total. The number of methoxy groups -OCH3 is 2. The summed E-state index contributed by atoms with van der Waals surface area (Å²) in [6.07, 6.45) is 1.70. The number of rotatable bonds is 8. The number of carbonyl (C=O) groups is 1. The number of benzene rings is 2. The smallest absolute Gasteiger partial charge is 0.258 e. The van der Waals surface area contributed by atoms with Crippen molar-refractivity contribution in [3.05, 3.63) is 53.2 Å². The lowest BCUT2D eigenvalue weighted by atomic mass is 10.0. The lowest BCUT2D eigenvalue weighted by molar-refractivity contribution is -0.110. The van der Waals surface area contributed by atoms with Crippen molar-refractivity contribution in [2.75, 3.05) is 45.5 Å². The molecule has 2 N–H and O–H groups in total. The van der Waals surface area contributed by atoms with E-state index < -0.39 is 0 Å². The van der Waals surface area contributed by atoms with Crippen molar-refractivity contribution in [1.82, 2.24) is 4.90 Å². The van der Waals surface area contributed by atoms with Gasteiger partial charge in [-0.1, -0.05) is 19.1 Å². The molecule has 1 amide bonds. The molecule has 0 spiro atoms. The van der Waals surface area contributed by atoms with Crippen molar-refractivity contribution in [3.8, 4) is 11.5 Å². The third kappa shape index (κ3) is 4.54. The monoisotopic (exact) mass is 395 g/mol. The Morgan fingerprint density at radius 1 is 1.07 bits per heavy atom. The van der Waals surface area contributed by atoms with Gasteiger partial charge in [0.1, 0.15) is 0 Å². The quantitative estimate of drug-likeness (QED) is 0.662. The molecule has 0 saturated carbocycles. The summed E-state index contributed by atoms with van der Waals surface area (Å²) >= 11 is 0. The average molecular weight is 396 g/mol. The minimum atomic E-state index is -0.123. The van der Waals surface area contributed by atoms with Crippen LogP contribution in [0, 0.1) is 0 Å². The zero-order valence-corrected chi connectivity index (χ0v) is 17.8. The number of anilines is 2. The van der Waals surface area contributed by atoms with Gasteiger partial charge >= 0.3 is 0 Å². The standard InChI is InChI=1S/C23H29N3O3/c1-6-18(24-16-9-7-15(8-10-16)11-12-26(2)3)22-17-13-20(28-4)21(29-5)14-19(17)25-23(22)27/h7-10,13-14,24H,6,11-12H2,1-5H3,(H,25,27). The van der Waals surface area contributed by atoms with Crippen molar-refractivity contribution in [1.29, 1.82) is 0 Å². The molecule has 0 aromatic heterocycles. The third-order valence-electron chi connectivity index (χ3n) is 5.02. The number of hydrogen-bond donors (Lipinski definition) is 2. The molecular formula is C23H29N3O3. The van der Waals surface area contributed by atoms with Crippen LogP contribution in [0.1, 0.15) is 24.5 Å². The molecule has 0 fully saturated rings. The second-order valence-corrected chi connectivity index (χ2v) is 7.29. The number of ether oxygens (including phenoxy) is 2. The van der Waals surface area contributed by atoms with E-state index >= 15 is 0 Å². The summed E-state index contributed by atoms with van der Waals surface area (Å²) < 4.78 is 10.8. The van der Waals surface area contributed by atoms with Gasteiger partial charge < -0.3 is 25.0 Å². The van der Waals surface area contributed by atoms with Gasteiger partial charge in [-0.3, -0.25) is 4.79 Å². The van der Waals surface area contributed by atoms with Gasteiger partial charge in [0.2, 0.25) is 0 Å². The van der Waals surface area contributed by atoms with Crippen LogP contribution >= 0.6 is 0 Å². The number of allylic oxidation sites excluding steroid dienone is 1. The summed E-state index contributed by atoms with van der Waals surface area (Å²) in [4.78, 5) is 14.9. The molecule has 154 valence electrons. The van der Waals surface area contributed by atoms with Crippen molar-refractivity contribution >= 4 is 22.9 Å². The van der Waals surface area contributed by atoms with Gasteiger partial charge in [-0.25, -0.2) is 0 Å². The van der Waals surface area contributed by atoms with Gasteiger partial charge in [-0.05, 0) is 50.7 Å². The van der Waals surface area contributed by atoms with E-state index in [2.05, 4.69) is 53.9 Å². The molecule has 1 aliphatic rings. The maximum absolute atomic E-state index is 12.7. The van der Waals surface area contributed by atoms with Crippen LogP contribution in [0.4, 0.5) is 11.4 Å². The zero-order valence-electron chi connectivity index (χ0n) is 17.8. The van der Waals surface area contributed by atoms with Gasteiger partial charge in [-0.2, -0.15) is 0 Å². The summed E-state index contributed by atoms with van der Waals surface area (Å²) in [6.45, 7) is 3.05. The Labute approximate surface area is 172 Å². The molecule has 0 atom stereocenters. The van der Waals surface area contributed by atoms with Crippen LogP contribution < -0.4 is 20.1 Å². The summed E-state index contributed by atoms with van der Waals surface area (Å²) in [5.74, 6) is 1.07. The summed E-state index contributed by atoms with van der Waals surface area (Å²) in [5.41, 5.74) is 5.31. The topological polar surface area (TPSA) is 62.8 Å². The fraction of sp³-hybridized carbons (Fsp3) is 0.348. The molecule has 0 bridgehead atoms. The van der Waals surface area contributed by atoms with Crippen molar-refractivity contribution in [3.63, 3.8) is 0 Å². The van der Waals surface area contributed by atoms with Crippen LogP contribution in [0.3, 0.4) is 0 Å². The second-order valence-electron chi connectivity index (χ2n) is 7.29. The van der Waals surface area contributed by atoms with Crippen LogP contribution in [0.25, 0.3) is 5.57 Å². The molecule has 0 radical (unpaired) electrons. The van der Waals surface area contributed by atoms with E-state index in [4.69, 9.17) is 9.47 Å². The SMILES string of the molecule is CCC(Nc1ccc(CCN(C)C)cc1)=C1C(=O)Nc2cc(OC)c(OC)cc21. The number of nitrogens with one attached hydrogen (secondary N) is 2. The first-order valence-corrected chi connectivity index (χ1v) is 9.78. The first-order chi connectivity index (χ1) is 14.0. The number of carbonyl (C=O) groups excluding carboxylic acids is 1. The highest BCUT2D eigenvalue weighted by molar-refractivity contribution is 6.32. The number of fused-ring (bicyclic) bond motifs is 1. The van der Waals surface area contributed by atoms with Crippen LogP contribution in [0.2, 0.25) is 0 Å². The lowest BCUT2D eigenvalue weighted by Gasteiger charge is -2.14. The maximum Gasteiger partial charge on any atom is 0.258 e. The fourth-order valence-electron chi connectivity index (χ4n) is 3.41. The second kappa shape index (κ2) is 9.01. The van der Waals surface area contributed by atoms with E-state index in [1.807, 2.05) is 13.0 Å². The van der Waals surface area contributed by atoms with Gasteiger partial charge in [0.15, 0.2) is 11.5 Å². The largest absolute Gasteiger partial charge is 0.493 e. The van der Waals surface area contributed by atoms with Gasteiger partial charge in [0.25, 0.3) is 5.91 Å². The number of amides is 1. The Kier molecular flexibility index (Phi) is 6.44. The van der Waals surface area contributed by atoms with E-state index in [9.17, 15) is 4.79 Å². The van der Waals surface area contributed by atoms with Gasteiger partial charge in [-0.15, -0.1) is 0 Å². The minimum absolute atomic E-state index is 0.123. The van der Waals surface area contributed by atoms with Crippen LogP contribution in [-0.2, 0) is 11.2 Å². The normalized spacial score (nSPS) is 14.5. The van der Waals surface area contributed by atoms with Crippen LogP contribution in [0.15, 0.2) is 42.1 Å². The molecule has 2 aromatic carbocycles. The molecule has 6 heteroatoms. The molecule has 29 heavy (non-hydrogen) atoms. The number of likely N-dealkylation sites (N-methyl/N-ethyl adjacent to an activating group) is 1. The summed E-state index contributed by atoms with van der Waals surface area (Å²) in [7, 11) is 7.32. The highest BCUT2D eigenvalue weighted by Gasteiger charge is 2.29. The number of nitrogens with zero attached hydrogens (tertiary/aromatic N) is 1. The summed E-state index contributed by atoms with van der Waals surface area (Å²) in [5, 5.41) is 6.37. The Morgan fingerprint density at radius 2 is 1.72 bits per heavy atom. The molecular weight excluding hydrogens is 366 g/mol. The molecule has 0 aliphatic carbocycles. The fourth-order valence-corrected chi connectivity index (χ4v) is 3.41. The highest BCUT2D eigenvalue weighted by atomic mass is 16.5. The van der Waals surface area contributed by atoms with E-state index in [1.165, 1.54) is 5.56 Å². The predicted molar refractivity (Wildman–Crippen MR) is 118 cm³/mol. The van der Waals surface area contributed by atoms with Crippen molar-refractivity contribution in [2.45, 2.75) is 19.8 Å². The lowest BCUT2D eigenvalue weighted by Crippen LogP contribution is -2.15. The highest BCUT2D eigenvalue weighted by Crippen LogP contribution is 2.42. The van der Waals surface area contributed by atoms with Crippen LogP contribution in [0.5, 0.6) is 11.5 Å². The van der Waals surface area contributed by atoms with E-state index in [0.717, 1.165) is 35.6 Å². The zero-order chi connectivity index (χ0) is 21.0. The first-order valence-electron chi connectivity index (χ1n) is 9.78. The molecule has 2 aromatic rings. The average Bonchev–Trinajstić information content (AvgIpc) is 3.04. The molecule has 0 saturated heterocycles. The molecule has 1 aliphatic heterocycles. The van der Waals surface area contributed by atoms with Gasteiger partial charge in [0, 0.05) is 29.6 Å². The van der Waals surface area contributed by atoms with Crippen LogP contribution in [-0.4, -0.2) is 45.7 Å². The molecule has 0 unspecified atom stereocenters. The summed E-state index contributed by atoms with van der Waals surface area (Å²) in [6, 6.07) is 12.0. The Bertz CT molecular complexity index is 918. The Morgan fingerprint density at radius 3 is 2.31 bits per heavy atom. The minimum Gasteiger partial charge on any atom is -0.493 e. The first kappa shape index (κ1) is 20.7.